The van der Waals surface area contributed by atoms with Crippen LogP contribution >= 0.6 is 0 Å². The Bertz CT molecular complexity index is 994. The Kier molecular flexibility index (Phi) is 8.19. The van der Waals surface area contributed by atoms with Crippen LogP contribution in [0.1, 0.15) is 123 Å². The molecule has 4 aliphatic rings. The van der Waals surface area contributed by atoms with Gasteiger partial charge in [0.2, 0.25) is 0 Å². The van der Waals surface area contributed by atoms with Crippen LogP contribution in [0.4, 0.5) is 0 Å². The minimum Gasteiger partial charge on any atom is -0.458 e. The molecule has 0 radical (unpaired) electrons. The number of fused-ring (bicyclic) bond motifs is 5. The SMILES string of the molecule is CCC(CCC(C)C1CCC2C3CC=C4CC(OC(=O)c5ccccc5)CCC4(C)C3CCC12C)C(C)C. The van der Waals surface area contributed by atoms with E-state index >= 15 is 0 Å². The van der Waals surface area contributed by atoms with Crippen molar-refractivity contribution >= 4 is 5.97 Å². The molecule has 0 saturated heterocycles. The Morgan fingerprint density at radius 3 is 2.45 bits per heavy atom. The van der Waals surface area contributed by atoms with Gasteiger partial charge in [-0.25, -0.2) is 4.79 Å². The quantitative estimate of drug-likeness (QED) is 0.253. The molecule has 2 heteroatoms. The second kappa shape index (κ2) is 11.1. The zero-order chi connectivity index (χ0) is 27.1. The molecule has 0 aliphatic heterocycles. The molecule has 9 unspecified atom stereocenters. The highest BCUT2D eigenvalue weighted by Crippen LogP contribution is 2.67. The maximum atomic E-state index is 12.7. The molecule has 0 spiro atoms. The molecular formula is C36H54O2. The highest BCUT2D eigenvalue weighted by Gasteiger charge is 2.59. The maximum absolute atomic E-state index is 12.7. The van der Waals surface area contributed by atoms with Crippen LogP contribution in [0.2, 0.25) is 0 Å². The largest absolute Gasteiger partial charge is 0.458 e. The van der Waals surface area contributed by atoms with Gasteiger partial charge in [-0.3, -0.25) is 0 Å². The molecule has 1 aromatic carbocycles. The fourth-order valence-corrected chi connectivity index (χ4v) is 10.2. The van der Waals surface area contributed by atoms with Gasteiger partial charge in [0.25, 0.3) is 0 Å². The van der Waals surface area contributed by atoms with E-state index in [0.717, 1.165) is 54.3 Å². The van der Waals surface area contributed by atoms with E-state index in [1.807, 2.05) is 30.3 Å². The third-order valence-corrected chi connectivity index (χ3v) is 12.6. The number of ether oxygens (including phenoxy) is 1. The minimum atomic E-state index is -0.160. The van der Waals surface area contributed by atoms with Crippen molar-refractivity contribution in [1.29, 1.82) is 0 Å². The summed E-state index contributed by atoms with van der Waals surface area (Å²) in [6, 6.07) is 9.50. The zero-order valence-electron chi connectivity index (χ0n) is 25.2. The number of carbonyl (C=O) groups excluding carboxylic acids is 1. The standard InChI is InChI=1S/C36H54O2/c1-7-26(24(2)3)14-13-25(4)31-17-18-32-30-16-15-28-23-29(38-34(37)27-11-9-8-10-12-27)19-21-35(28,5)33(30)20-22-36(31,32)6/h8-12,15,24-26,29-33H,7,13-14,16-23H2,1-6H3. The zero-order valence-corrected chi connectivity index (χ0v) is 25.2. The van der Waals surface area contributed by atoms with E-state index < -0.39 is 0 Å². The van der Waals surface area contributed by atoms with E-state index in [0.29, 0.717) is 16.4 Å². The summed E-state index contributed by atoms with van der Waals surface area (Å²) in [5.41, 5.74) is 3.10. The van der Waals surface area contributed by atoms with Crippen LogP contribution in [0.3, 0.4) is 0 Å². The lowest BCUT2D eigenvalue weighted by Gasteiger charge is -2.58. The Morgan fingerprint density at radius 2 is 1.74 bits per heavy atom. The van der Waals surface area contributed by atoms with Crippen molar-refractivity contribution in [3.8, 4) is 0 Å². The van der Waals surface area contributed by atoms with Crippen LogP contribution in [-0.2, 0) is 4.74 Å². The summed E-state index contributed by atoms with van der Waals surface area (Å²) in [7, 11) is 0. The normalized spacial score (nSPS) is 38.0. The fraction of sp³-hybridized carbons (Fsp3) is 0.750. The smallest absolute Gasteiger partial charge is 0.338 e. The van der Waals surface area contributed by atoms with Crippen molar-refractivity contribution in [2.24, 2.45) is 52.3 Å². The number of allylic oxidation sites excluding steroid dienone is 1. The first kappa shape index (κ1) is 28.0. The van der Waals surface area contributed by atoms with Gasteiger partial charge in [-0.2, -0.15) is 0 Å². The summed E-state index contributed by atoms with van der Waals surface area (Å²) in [5, 5.41) is 0. The van der Waals surface area contributed by atoms with Crippen molar-refractivity contribution in [3.63, 3.8) is 0 Å². The van der Waals surface area contributed by atoms with Gasteiger partial charge in [0.1, 0.15) is 6.10 Å². The van der Waals surface area contributed by atoms with E-state index in [1.165, 1.54) is 57.8 Å². The summed E-state index contributed by atoms with van der Waals surface area (Å²) in [6.45, 7) is 15.1. The van der Waals surface area contributed by atoms with E-state index in [-0.39, 0.29) is 12.1 Å². The molecular weight excluding hydrogens is 464 g/mol. The van der Waals surface area contributed by atoms with E-state index in [4.69, 9.17) is 4.74 Å². The molecule has 2 nitrogen and oxygen atoms in total. The first-order valence-corrected chi connectivity index (χ1v) is 16.1. The molecule has 0 bridgehead atoms. The molecule has 0 amide bonds. The summed E-state index contributed by atoms with van der Waals surface area (Å²) in [5.74, 6) is 5.86. The highest BCUT2D eigenvalue weighted by atomic mass is 16.5. The van der Waals surface area contributed by atoms with Crippen LogP contribution in [0, 0.1) is 52.3 Å². The first-order chi connectivity index (χ1) is 18.2. The molecule has 38 heavy (non-hydrogen) atoms. The molecule has 5 rings (SSSR count). The summed E-state index contributed by atoms with van der Waals surface area (Å²) >= 11 is 0. The Hall–Kier alpha value is -1.57. The van der Waals surface area contributed by atoms with E-state index in [2.05, 4.69) is 47.6 Å². The van der Waals surface area contributed by atoms with Crippen LogP contribution in [0.15, 0.2) is 42.0 Å². The summed E-state index contributed by atoms with van der Waals surface area (Å²) in [4.78, 5) is 12.7. The van der Waals surface area contributed by atoms with Crippen LogP contribution in [-0.4, -0.2) is 12.1 Å². The topological polar surface area (TPSA) is 26.3 Å². The second-order valence-electron chi connectivity index (χ2n) is 14.6. The minimum absolute atomic E-state index is 0.0296. The monoisotopic (exact) mass is 518 g/mol. The first-order valence-electron chi connectivity index (χ1n) is 16.1. The third-order valence-electron chi connectivity index (χ3n) is 12.6. The molecule has 9 atom stereocenters. The van der Waals surface area contributed by atoms with Crippen molar-refractivity contribution in [1.82, 2.24) is 0 Å². The predicted octanol–water partition coefficient (Wildman–Crippen LogP) is 9.89. The molecule has 0 heterocycles. The van der Waals surface area contributed by atoms with Crippen LogP contribution < -0.4 is 0 Å². The Labute approximate surface area is 233 Å². The van der Waals surface area contributed by atoms with Gasteiger partial charge in [-0.15, -0.1) is 0 Å². The van der Waals surface area contributed by atoms with Crippen molar-refractivity contribution in [3.05, 3.63) is 47.5 Å². The number of esters is 1. The van der Waals surface area contributed by atoms with Crippen molar-refractivity contribution < 1.29 is 9.53 Å². The third kappa shape index (κ3) is 5.03. The maximum Gasteiger partial charge on any atom is 0.338 e. The van der Waals surface area contributed by atoms with Gasteiger partial charge >= 0.3 is 5.97 Å². The molecule has 3 fully saturated rings. The van der Waals surface area contributed by atoms with Gasteiger partial charge in [0.05, 0.1) is 5.56 Å². The average molecular weight is 519 g/mol. The van der Waals surface area contributed by atoms with Gasteiger partial charge < -0.3 is 4.74 Å². The Balaban J connectivity index is 1.25. The van der Waals surface area contributed by atoms with Gasteiger partial charge in [0, 0.05) is 6.42 Å². The van der Waals surface area contributed by atoms with Crippen molar-refractivity contribution in [2.45, 2.75) is 118 Å². The molecule has 3 saturated carbocycles. The molecule has 4 aliphatic carbocycles. The van der Waals surface area contributed by atoms with Crippen LogP contribution in [0.25, 0.3) is 0 Å². The highest BCUT2D eigenvalue weighted by molar-refractivity contribution is 5.89. The van der Waals surface area contributed by atoms with Gasteiger partial charge in [-0.1, -0.05) is 84.2 Å². The number of rotatable bonds is 8. The average Bonchev–Trinajstić information content (AvgIpc) is 3.26. The Morgan fingerprint density at radius 1 is 0.974 bits per heavy atom. The van der Waals surface area contributed by atoms with Crippen molar-refractivity contribution in [2.75, 3.05) is 0 Å². The number of hydrogen-bond donors (Lipinski definition) is 0. The lowest BCUT2D eigenvalue weighted by molar-refractivity contribution is -0.0596. The molecule has 210 valence electrons. The molecule has 0 N–H and O–H groups in total. The molecule has 0 aromatic heterocycles. The number of hydrogen-bond acceptors (Lipinski definition) is 2. The lowest BCUT2D eigenvalue weighted by atomic mass is 9.47. The predicted molar refractivity (Wildman–Crippen MR) is 158 cm³/mol. The lowest BCUT2D eigenvalue weighted by Crippen LogP contribution is -2.51. The van der Waals surface area contributed by atoms with E-state index in [9.17, 15) is 4.79 Å². The number of carbonyl (C=O) groups is 1. The fourth-order valence-electron chi connectivity index (χ4n) is 10.2. The van der Waals surface area contributed by atoms with Gasteiger partial charge in [0.15, 0.2) is 0 Å². The van der Waals surface area contributed by atoms with Gasteiger partial charge in [-0.05, 0) is 116 Å². The summed E-state index contributed by atoms with van der Waals surface area (Å²) < 4.78 is 6.02. The summed E-state index contributed by atoms with van der Waals surface area (Å²) in [6.07, 6.45) is 16.9. The second-order valence-corrected chi connectivity index (χ2v) is 14.6. The number of benzene rings is 1. The molecule has 1 aromatic rings. The van der Waals surface area contributed by atoms with E-state index in [1.54, 1.807) is 5.57 Å². The van der Waals surface area contributed by atoms with Crippen LogP contribution in [0.5, 0.6) is 0 Å².